The van der Waals surface area contributed by atoms with E-state index in [0.717, 1.165) is 17.1 Å². The third-order valence-corrected chi connectivity index (χ3v) is 4.54. The largest absolute Gasteiger partial charge is 0.457 e. The summed E-state index contributed by atoms with van der Waals surface area (Å²) in [5.74, 6) is 2.91. The SMILES string of the molecule is Cc1nc(N[C@@H](C)c2ccc(Oc3ccccc3)cc2)nc(N2CCNC2=O)n1. The molecule has 0 radical (unpaired) electrons. The van der Waals surface area contributed by atoms with Crippen LogP contribution in [0.3, 0.4) is 0 Å². The number of para-hydroxylation sites is 1. The molecule has 1 atom stereocenters. The highest BCUT2D eigenvalue weighted by molar-refractivity contribution is 5.92. The maximum Gasteiger partial charge on any atom is 0.324 e. The van der Waals surface area contributed by atoms with E-state index in [1.54, 1.807) is 6.92 Å². The van der Waals surface area contributed by atoms with Gasteiger partial charge in [0, 0.05) is 13.1 Å². The Bertz CT molecular complexity index is 994. The average Bonchev–Trinajstić information content (AvgIpc) is 3.15. The number of aromatic nitrogens is 3. The van der Waals surface area contributed by atoms with Gasteiger partial charge in [0.1, 0.15) is 17.3 Å². The minimum Gasteiger partial charge on any atom is -0.457 e. The number of ether oxygens (including phenoxy) is 1. The smallest absolute Gasteiger partial charge is 0.324 e. The summed E-state index contributed by atoms with van der Waals surface area (Å²) >= 11 is 0. The molecule has 2 heterocycles. The van der Waals surface area contributed by atoms with Gasteiger partial charge in [-0.25, -0.2) is 4.79 Å². The van der Waals surface area contributed by atoms with E-state index in [-0.39, 0.29) is 12.1 Å². The number of rotatable bonds is 6. The van der Waals surface area contributed by atoms with Gasteiger partial charge >= 0.3 is 6.03 Å². The standard InChI is InChI=1S/C21H22N6O2/c1-14(16-8-10-18(11-9-16)29-17-6-4-3-5-7-17)23-19-24-15(2)25-20(26-19)27-13-12-22-21(27)28/h3-11,14H,12-13H2,1-2H3,(H,22,28)(H,23,24,25,26)/t14-/m0/s1. The Morgan fingerprint density at radius 2 is 1.76 bits per heavy atom. The second-order valence-electron chi connectivity index (χ2n) is 6.74. The van der Waals surface area contributed by atoms with Crippen LogP contribution in [-0.2, 0) is 0 Å². The van der Waals surface area contributed by atoms with Gasteiger partial charge in [-0.05, 0) is 43.7 Å². The molecule has 29 heavy (non-hydrogen) atoms. The fourth-order valence-corrected chi connectivity index (χ4v) is 3.04. The van der Waals surface area contributed by atoms with Crippen LogP contribution in [0.15, 0.2) is 54.6 Å². The van der Waals surface area contributed by atoms with Gasteiger partial charge in [-0.15, -0.1) is 0 Å². The fourth-order valence-electron chi connectivity index (χ4n) is 3.04. The first kappa shape index (κ1) is 18.7. The van der Waals surface area contributed by atoms with E-state index in [0.29, 0.717) is 30.8 Å². The summed E-state index contributed by atoms with van der Waals surface area (Å²) in [6, 6.07) is 17.3. The highest BCUT2D eigenvalue weighted by atomic mass is 16.5. The summed E-state index contributed by atoms with van der Waals surface area (Å²) in [5, 5.41) is 6.04. The van der Waals surface area contributed by atoms with Gasteiger partial charge in [0.05, 0.1) is 6.04 Å². The molecule has 1 saturated heterocycles. The normalized spacial score (nSPS) is 14.4. The number of carbonyl (C=O) groups is 1. The van der Waals surface area contributed by atoms with E-state index in [1.165, 1.54) is 4.90 Å². The molecule has 2 amide bonds. The Hall–Kier alpha value is -3.68. The van der Waals surface area contributed by atoms with Crippen molar-refractivity contribution in [1.82, 2.24) is 20.3 Å². The molecule has 1 aliphatic heterocycles. The summed E-state index contributed by atoms with van der Waals surface area (Å²) in [5.41, 5.74) is 1.06. The van der Waals surface area contributed by atoms with Crippen molar-refractivity contribution in [3.05, 3.63) is 66.0 Å². The van der Waals surface area contributed by atoms with E-state index >= 15 is 0 Å². The van der Waals surface area contributed by atoms with Gasteiger partial charge in [-0.2, -0.15) is 15.0 Å². The molecule has 0 spiro atoms. The number of hydrogen-bond donors (Lipinski definition) is 2. The maximum atomic E-state index is 11.9. The number of nitrogens with zero attached hydrogens (tertiary/aromatic N) is 4. The fraction of sp³-hybridized carbons (Fsp3) is 0.238. The van der Waals surface area contributed by atoms with Crippen molar-refractivity contribution >= 4 is 17.9 Å². The second-order valence-corrected chi connectivity index (χ2v) is 6.74. The Balaban J connectivity index is 1.45. The van der Waals surface area contributed by atoms with Crippen molar-refractivity contribution < 1.29 is 9.53 Å². The molecule has 2 N–H and O–H groups in total. The van der Waals surface area contributed by atoms with E-state index in [9.17, 15) is 4.79 Å². The summed E-state index contributed by atoms with van der Waals surface area (Å²) in [6.45, 7) is 4.93. The molecule has 2 aromatic carbocycles. The summed E-state index contributed by atoms with van der Waals surface area (Å²) < 4.78 is 5.83. The predicted octanol–water partition coefficient (Wildman–Crippen LogP) is 3.68. The average molecular weight is 390 g/mol. The van der Waals surface area contributed by atoms with Crippen molar-refractivity contribution in [3.63, 3.8) is 0 Å². The lowest BCUT2D eigenvalue weighted by Crippen LogP contribution is -2.30. The van der Waals surface area contributed by atoms with Gasteiger partial charge in [-0.3, -0.25) is 4.90 Å². The first-order chi connectivity index (χ1) is 14.1. The van der Waals surface area contributed by atoms with Gasteiger partial charge < -0.3 is 15.4 Å². The number of nitrogens with one attached hydrogen (secondary N) is 2. The van der Waals surface area contributed by atoms with Gasteiger partial charge in [0.15, 0.2) is 0 Å². The first-order valence-corrected chi connectivity index (χ1v) is 9.46. The summed E-state index contributed by atoms with van der Waals surface area (Å²) in [4.78, 5) is 26.4. The first-order valence-electron chi connectivity index (χ1n) is 9.46. The molecular weight excluding hydrogens is 368 g/mol. The Morgan fingerprint density at radius 1 is 1.03 bits per heavy atom. The van der Waals surface area contributed by atoms with Gasteiger partial charge in [0.25, 0.3) is 0 Å². The Labute approximate surface area is 169 Å². The van der Waals surface area contributed by atoms with Crippen LogP contribution in [0.4, 0.5) is 16.7 Å². The van der Waals surface area contributed by atoms with Gasteiger partial charge in [-0.1, -0.05) is 30.3 Å². The van der Waals surface area contributed by atoms with E-state index in [1.807, 2.05) is 61.5 Å². The molecule has 3 aromatic rings. The van der Waals surface area contributed by atoms with Crippen LogP contribution in [0.2, 0.25) is 0 Å². The molecule has 4 rings (SSSR count). The van der Waals surface area contributed by atoms with Crippen LogP contribution in [0, 0.1) is 6.92 Å². The zero-order valence-corrected chi connectivity index (χ0v) is 16.3. The minimum absolute atomic E-state index is 0.0390. The van der Waals surface area contributed by atoms with Crippen molar-refractivity contribution in [2.45, 2.75) is 19.9 Å². The molecule has 8 heteroatoms. The van der Waals surface area contributed by atoms with E-state index < -0.39 is 0 Å². The zero-order chi connectivity index (χ0) is 20.2. The monoisotopic (exact) mass is 390 g/mol. The highest BCUT2D eigenvalue weighted by Gasteiger charge is 2.24. The number of anilines is 2. The summed E-state index contributed by atoms with van der Waals surface area (Å²) in [6.07, 6.45) is 0. The lowest BCUT2D eigenvalue weighted by atomic mass is 10.1. The number of hydrogen-bond acceptors (Lipinski definition) is 6. The lowest BCUT2D eigenvalue weighted by Gasteiger charge is -2.17. The number of aryl methyl sites for hydroxylation is 1. The molecule has 148 valence electrons. The van der Waals surface area contributed by atoms with Crippen LogP contribution in [-0.4, -0.2) is 34.1 Å². The second kappa shape index (κ2) is 8.14. The minimum atomic E-state index is -0.191. The Morgan fingerprint density at radius 3 is 2.45 bits per heavy atom. The molecule has 1 fully saturated rings. The molecule has 0 aliphatic carbocycles. The van der Waals surface area contributed by atoms with Crippen molar-refractivity contribution in [3.8, 4) is 11.5 Å². The molecule has 1 aliphatic rings. The molecule has 0 saturated carbocycles. The quantitative estimate of drug-likeness (QED) is 0.667. The molecule has 0 bridgehead atoms. The zero-order valence-electron chi connectivity index (χ0n) is 16.3. The maximum absolute atomic E-state index is 11.9. The molecule has 0 unspecified atom stereocenters. The third-order valence-electron chi connectivity index (χ3n) is 4.54. The molecular formula is C21H22N6O2. The van der Waals surface area contributed by atoms with Crippen molar-refractivity contribution in [2.75, 3.05) is 23.3 Å². The van der Waals surface area contributed by atoms with E-state index in [4.69, 9.17) is 4.74 Å². The van der Waals surface area contributed by atoms with Gasteiger partial charge in [0.2, 0.25) is 11.9 Å². The molecule has 1 aromatic heterocycles. The third kappa shape index (κ3) is 4.43. The van der Waals surface area contributed by atoms with Crippen LogP contribution in [0.5, 0.6) is 11.5 Å². The number of amides is 2. The topological polar surface area (TPSA) is 92.3 Å². The lowest BCUT2D eigenvalue weighted by molar-refractivity contribution is 0.252. The number of carbonyl (C=O) groups excluding carboxylic acids is 1. The van der Waals surface area contributed by atoms with Crippen LogP contribution >= 0.6 is 0 Å². The van der Waals surface area contributed by atoms with Crippen LogP contribution in [0.1, 0.15) is 24.4 Å². The number of urea groups is 1. The van der Waals surface area contributed by atoms with Crippen LogP contribution < -0.4 is 20.3 Å². The summed E-state index contributed by atoms with van der Waals surface area (Å²) in [7, 11) is 0. The highest BCUT2D eigenvalue weighted by Crippen LogP contribution is 2.24. The van der Waals surface area contributed by atoms with Crippen molar-refractivity contribution in [1.29, 1.82) is 0 Å². The van der Waals surface area contributed by atoms with Crippen LogP contribution in [0.25, 0.3) is 0 Å². The molecule has 8 nitrogen and oxygen atoms in total. The Kier molecular flexibility index (Phi) is 5.24. The number of benzene rings is 2. The van der Waals surface area contributed by atoms with Crippen molar-refractivity contribution in [2.24, 2.45) is 0 Å². The van der Waals surface area contributed by atoms with E-state index in [2.05, 4.69) is 25.6 Å². The predicted molar refractivity (Wildman–Crippen MR) is 110 cm³/mol.